The summed E-state index contributed by atoms with van der Waals surface area (Å²) in [5, 5.41) is 0. The van der Waals surface area contributed by atoms with Gasteiger partial charge < -0.3 is 15.2 Å². The van der Waals surface area contributed by atoms with Crippen LogP contribution in [-0.2, 0) is 0 Å². The van der Waals surface area contributed by atoms with Gasteiger partial charge in [0.25, 0.3) is 0 Å². The Balaban J connectivity index is 2.59. The molecule has 5 nitrogen and oxygen atoms in total. The third kappa shape index (κ3) is 2.13. The van der Waals surface area contributed by atoms with Gasteiger partial charge in [-0.25, -0.2) is 9.97 Å². The minimum Gasteiger partial charge on any atom is -0.493 e. The molecule has 0 unspecified atom stereocenters. The van der Waals surface area contributed by atoms with Crippen molar-refractivity contribution in [3.63, 3.8) is 0 Å². The van der Waals surface area contributed by atoms with Crippen LogP contribution in [-0.4, -0.2) is 24.2 Å². The molecule has 0 radical (unpaired) electrons. The first-order chi connectivity index (χ1) is 8.26. The third-order valence-corrected chi connectivity index (χ3v) is 2.35. The van der Waals surface area contributed by atoms with Crippen LogP contribution in [0.25, 0.3) is 11.3 Å². The highest BCUT2D eigenvalue weighted by molar-refractivity contribution is 5.71. The molecule has 1 heterocycles. The van der Waals surface area contributed by atoms with E-state index in [0.717, 1.165) is 5.56 Å². The van der Waals surface area contributed by atoms with Crippen LogP contribution < -0.4 is 15.2 Å². The smallest absolute Gasteiger partial charge is 0.220 e. The fourth-order valence-corrected chi connectivity index (χ4v) is 1.61. The van der Waals surface area contributed by atoms with Crippen LogP contribution in [0.5, 0.6) is 11.5 Å². The molecule has 0 atom stereocenters. The van der Waals surface area contributed by atoms with Crippen LogP contribution >= 0.6 is 0 Å². The number of methoxy groups -OCH3 is 2. The number of benzene rings is 1. The lowest BCUT2D eigenvalue weighted by atomic mass is 10.1. The predicted molar refractivity (Wildman–Crippen MR) is 65.0 cm³/mol. The van der Waals surface area contributed by atoms with Crippen molar-refractivity contribution in [3.05, 3.63) is 30.5 Å². The van der Waals surface area contributed by atoms with Gasteiger partial charge in [-0.1, -0.05) is 6.07 Å². The van der Waals surface area contributed by atoms with E-state index >= 15 is 0 Å². The van der Waals surface area contributed by atoms with Crippen LogP contribution in [0.15, 0.2) is 30.5 Å². The molecule has 0 aliphatic heterocycles. The Bertz CT molecular complexity index is 529. The molecule has 17 heavy (non-hydrogen) atoms. The summed E-state index contributed by atoms with van der Waals surface area (Å²) in [5.41, 5.74) is 7.09. The fraction of sp³-hybridized carbons (Fsp3) is 0.167. The van der Waals surface area contributed by atoms with Gasteiger partial charge in [0.05, 0.1) is 19.9 Å². The van der Waals surface area contributed by atoms with E-state index in [0.29, 0.717) is 17.2 Å². The van der Waals surface area contributed by atoms with Crippen LogP contribution in [0.3, 0.4) is 0 Å². The third-order valence-electron chi connectivity index (χ3n) is 2.35. The number of hydrogen-bond donors (Lipinski definition) is 1. The second kappa shape index (κ2) is 4.69. The molecule has 0 amide bonds. The van der Waals surface area contributed by atoms with Crippen molar-refractivity contribution in [3.8, 4) is 22.8 Å². The minimum atomic E-state index is 0.229. The molecule has 0 bridgehead atoms. The molecule has 5 heteroatoms. The topological polar surface area (TPSA) is 70.3 Å². The Morgan fingerprint density at radius 1 is 1.12 bits per heavy atom. The fourth-order valence-electron chi connectivity index (χ4n) is 1.61. The second-order valence-corrected chi connectivity index (χ2v) is 3.34. The zero-order valence-corrected chi connectivity index (χ0v) is 9.68. The monoisotopic (exact) mass is 231 g/mol. The van der Waals surface area contributed by atoms with Crippen molar-refractivity contribution in [2.75, 3.05) is 20.0 Å². The number of hydrogen-bond acceptors (Lipinski definition) is 5. The number of rotatable bonds is 3. The number of nitrogens with two attached hydrogens (primary N) is 1. The summed E-state index contributed by atoms with van der Waals surface area (Å²) in [4.78, 5) is 8.02. The summed E-state index contributed by atoms with van der Waals surface area (Å²) in [6, 6.07) is 7.36. The van der Waals surface area contributed by atoms with Crippen molar-refractivity contribution < 1.29 is 9.47 Å². The lowest BCUT2D eigenvalue weighted by Gasteiger charge is -2.11. The molecule has 0 spiro atoms. The Labute approximate surface area is 99.2 Å². The first kappa shape index (κ1) is 11.2. The molecular formula is C12H13N3O2. The van der Waals surface area contributed by atoms with E-state index < -0.39 is 0 Å². The van der Waals surface area contributed by atoms with Crippen LogP contribution in [0, 0.1) is 0 Å². The Kier molecular flexibility index (Phi) is 3.09. The summed E-state index contributed by atoms with van der Waals surface area (Å²) in [7, 11) is 3.18. The summed E-state index contributed by atoms with van der Waals surface area (Å²) in [5.74, 6) is 1.52. The highest BCUT2D eigenvalue weighted by Gasteiger charge is 2.12. The highest BCUT2D eigenvalue weighted by Crippen LogP contribution is 2.36. The molecule has 1 aromatic heterocycles. The molecule has 1 aromatic carbocycles. The zero-order valence-electron chi connectivity index (χ0n) is 9.68. The van der Waals surface area contributed by atoms with Gasteiger partial charge in [-0.15, -0.1) is 0 Å². The molecule has 2 rings (SSSR count). The molecule has 0 fully saturated rings. The van der Waals surface area contributed by atoms with Gasteiger partial charge in [-0.05, 0) is 18.2 Å². The summed E-state index contributed by atoms with van der Waals surface area (Å²) < 4.78 is 10.6. The average molecular weight is 231 g/mol. The molecule has 2 N–H and O–H groups in total. The van der Waals surface area contributed by atoms with E-state index in [1.807, 2.05) is 18.2 Å². The van der Waals surface area contributed by atoms with E-state index in [1.165, 1.54) is 0 Å². The lowest BCUT2D eigenvalue weighted by molar-refractivity contribution is 0.356. The highest BCUT2D eigenvalue weighted by atomic mass is 16.5. The number of aromatic nitrogens is 2. The van der Waals surface area contributed by atoms with Crippen molar-refractivity contribution >= 4 is 5.95 Å². The lowest BCUT2D eigenvalue weighted by Crippen LogP contribution is -1.98. The van der Waals surface area contributed by atoms with Gasteiger partial charge in [0.1, 0.15) is 0 Å². The van der Waals surface area contributed by atoms with Crippen LogP contribution in [0.4, 0.5) is 5.95 Å². The normalized spacial score (nSPS) is 10.0. The number of ether oxygens (including phenoxy) is 2. The van der Waals surface area contributed by atoms with Crippen molar-refractivity contribution in [1.29, 1.82) is 0 Å². The Morgan fingerprint density at radius 3 is 2.59 bits per heavy atom. The summed E-state index contributed by atoms with van der Waals surface area (Å²) in [6.45, 7) is 0. The van der Waals surface area contributed by atoms with Gasteiger partial charge >= 0.3 is 0 Å². The number of nitrogen functional groups attached to an aromatic ring is 1. The molecule has 88 valence electrons. The van der Waals surface area contributed by atoms with Gasteiger partial charge in [0, 0.05) is 11.8 Å². The molecular weight excluding hydrogens is 218 g/mol. The van der Waals surface area contributed by atoms with E-state index in [1.54, 1.807) is 26.5 Å². The predicted octanol–water partition coefficient (Wildman–Crippen LogP) is 1.74. The molecule has 0 saturated carbocycles. The van der Waals surface area contributed by atoms with Crippen molar-refractivity contribution in [2.24, 2.45) is 0 Å². The largest absolute Gasteiger partial charge is 0.493 e. The van der Waals surface area contributed by atoms with Crippen molar-refractivity contribution in [1.82, 2.24) is 9.97 Å². The summed E-state index contributed by atoms with van der Waals surface area (Å²) >= 11 is 0. The van der Waals surface area contributed by atoms with E-state index in [4.69, 9.17) is 15.2 Å². The zero-order chi connectivity index (χ0) is 12.3. The van der Waals surface area contributed by atoms with Crippen LogP contribution in [0.1, 0.15) is 0 Å². The molecule has 2 aromatic rings. The van der Waals surface area contributed by atoms with Gasteiger partial charge in [0.2, 0.25) is 5.95 Å². The Hall–Kier alpha value is -2.30. The second-order valence-electron chi connectivity index (χ2n) is 3.34. The number of para-hydroxylation sites is 1. The van der Waals surface area contributed by atoms with E-state index in [2.05, 4.69) is 9.97 Å². The van der Waals surface area contributed by atoms with E-state index in [9.17, 15) is 0 Å². The molecule has 0 aliphatic rings. The van der Waals surface area contributed by atoms with Crippen molar-refractivity contribution in [2.45, 2.75) is 0 Å². The summed E-state index contributed by atoms with van der Waals surface area (Å²) in [6.07, 6.45) is 1.61. The average Bonchev–Trinajstić information content (AvgIpc) is 2.37. The standard InChI is InChI=1S/C12H13N3O2/c1-16-10-5-3-4-8(11(10)17-2)9-6-7-14-12(13)15-9/h3-7H,1-2H3,(H2,13,14,15). The number of anilines is 1. The minimum absolute atomic E-state index is 0.229. The first-order valence-electron chi connectivity index (χ1n) is 5.06. The SMILES string of the molecule is COc1cccc(-c2ccnc(N)n2)c1OC. The first-order valence-corrected chi connectivity index (χ1v) is 5.06. The molecule has 0 aliphatic carbocycles. The molecule has 0 saturated heterocycles. The van der Waals surface area contributed by atoms with E-state index in [-0.39, 0.29) is 5.95 Å². The van der Waals surface area contributed by atoms with Crippen LogP contribution in [0.2, 0.25) is 0 Å². The van der Waals surface area contributed by atoms with Gasteiger partial charge in [0.15, 0.2) is 11.5 Å². The Morgan fingerprint density at radius 2 is 1.94 bits per heavy atom. The maximum atomic E-state index is 5.56. The maximum Gasteiger partial charge on any atom is 0.220 e. The number of nitrogens with zero attached hydrogens (tertiary/aromatic N) is 2. The quantitative estimate of drug-likeness (QED) is 0.871. The van der Waals surface area contributed by atoms with Gasteiger partial charge in [-0.3, -0.25) is 0 Å². The van der Waals surface area contributed by atoms with Gasteiger partial charge in [-0.2, -0.15) is 0 Å². The maximum absolute atomic E-state index is 5.56.